The van der Waals surface area contributed by atoms with Crippen molar-refractivity contribution < 1.29 is 18.4 Å². The number of hydrogen-bond donors (Lipinski definition) is 0. The van der Waals surface area contributed by atoms with E-state index < -0.39 is 0 Å². The second kappa shape index (κ2) is 7.68. The fourth-order valence-electron chi connectivity index (χ4n) is 3.39. The lowest BCUT2D eigenvalue weighted by Crippen LogP contribution is -2.22. The van der Waals surface area contributed by atoms with Gasteiger partial charge < -0.3 is 14.0 Å². The molecule has 0 amide bonds. The SMILES string of the molecule is CCOc1ccc([C@@H]2Cn3nnc(-c4nc(-c5cccc(F)c5)no4)c3CO2)cc1. The van der Waals surface area contributed by atoms with Gasteiger partial charge in [0, 0.05) is 5.56 Å². The number of nitrogens with zero attached hydrogens (tertiary/aromatic N) is 5. The van der Waals surface area contributed by atoms with Crippen LogP contribution in [0.1, 0.15) is 24.3 Å². The fraction of sp³-hybridized carbons (Fsp3) is 0.238. The van der Waals surface area contributed by atoms with Crippen molar-refractivity contribution in [1.29, 1.82) is 0 Å². The van der Waals surface area contributed by atoms with Crippen molar-refractivity contribution in [2.45, 2.75) is 26.2 Å². The Morgan fingerprint density at radius 3 is 2.87 bits per heavy atom. The zero-order valence-electron chi connectivity index (χ0n) is 16.2. The van der Waals surface area contributed by atoms with Gasteiger partial charge in [-0.05, 0) is 36.8 Å². The van der Waals surface area contributed by atoms with E-state index in [1.54, 1.807) is 16.8 Å². The van der Waals surface area contributed by atoms with E-state index in [9.17, 15) is 4.39 Å². The van der Waals surface area contributed by atoms with Crippen LogP contribution in [0.2, 0.25) is 0 Å². The Bertz CT molecular complexity index is 1170. The average molecular weight is 407 g/mol. The molecule has 1 aliphatic heterocycles. The zero-order valence-corrected chi connectivity index (χ0v) is 16.2. The molecule has 0 aliphatic carbocycles. The lowest BCUT2D eigenvalue weighted by atomic mass is 10.1. The molecule has 0 bridgehead atoms. The van der Waals surface area contributed by atoms with Crippen molar-refractivity contribution >= 4 is 0 Å². The summed E-state index contributed by atoms with van der Waals surface area (Å²) in [5, 5.41) is 12.4. The minimum absolute atomic E-state index is 0.145. The van der Waals surface area contributed by atoms with E-state index >= 15 is 0 Å². The number of ether oxygens (including phenoxy) is 2. The minimum Gasteiger partial charge on any atom is -0.494 e. The predicted octanol–water partition coefficient (Wildman–Crippen LogP) is 3.80. The van der Waals surface area contributed by atoms with Crippen LogP contribution in [0.4, 0.5) is 4.39 Å². The molecule has 2 aromatic heterocycles. The number of aromatic nitrogens is 5. The molecule has 0 saturated heterocycles. The minimum atomic E-state index is -0.367. The number of hydrogen-bond acceptors (Lipinski definition) is 7. The van der Waals surface area contributed by atoms with Crippen LogP contribution in [0, 0.1) is 5.82 Å². The van der Waals surface area contributed by atoms with E-state index in [4.69, 9.17) is 14.0 Å². The third-order valence-corrected chi connectivity index (χ3v) is 4.87. The lowest BCUT2D eigenvalue weighted by Gasteiger charge is -2.24. The van der Waals surface area contributed by atoms with Gasteiger partial charge in [0.15, 0.2) is 5.69 Å². The van der Waals surface area contributed by atoms with Crippen LogP contribution in [0.25, 0.3) is 23.0 Å². The Morgan fingerprint density at radius 2 is 2.07 bits per heavy atom. The van der Waals surface area contributed by atoms with Gasteiger partial charge >= 0.3 is 0 Å². The average Bonchev–Trinajstić information content (AvgIpc) is 3.41. The summed E-state index contributed by atoms with van der Waals surface area (Å²) < 4.78 is 32.1. The third kappa shape index (κ3) is 3.43. The molecule has 8 nitrogen and oxygen atoms in total. The fourth-order valence-corrected chi connectivity index (χ4v) is 3.39. The molecule has 152 valence electrons. The Labute approximate surface area is 171 Å². The number of fused-ring (bicyclic) bond motifs is 1. The first-order valence-corrected chi connectivity index (χ1v) is 9.58. The van der Waals surface area contributed by atoms with Gasteiger partial charge in [0.25, 0.3) is 5.89 Å². The summed E-state index contributed by atoms with van der Waals surface area (Å²) in [5.41, 5.74) is 2.78. The van der Waals surface area contributed by atoms with Crippen LogP contribution >= 0.6 is 0 Å². The van der Waals surface area contributed by atoms with Crippen LogP contribution in [0.15, 0.2) is 53.1 Å². The molecule has 30 heavy (non-hydrogen) atoms. The van der Waals surface area contributed by atoms with Crippen molar-refractivity contribution in [3.8, 4) is 28.7 Å². The molecule has 1 atom stereocenters. The van der Waals surface area contributed by atoms with Gasteiger partial charge in [-0.15, -0.1) is 5.10 Å². The van der Waals surface area contributed by atoms with Crippen molar-refractivity contribution in [1.82, 2.24) is 25.1 Å². The molecule has 9 heteroatoms. The molecule has 0 spiro atoms. The molecule has 5 rings (SSSR count). The van der Waals surface area contributed by atoms with Crippen molar-refractivity contribution in [2.24, 2.45) is 0 Å². The molecular weight excluding hydrogens is 389 g/mol. The Balaban J connectivity index is 1.36. The second-order valence-corrected chi connectivity index (χ2v) is 6.80. The summed E-state index contributed by atoms with van der Waals surface area (Å²) in [6.45, 7) is 3.40. The molecule has 4 aromatic rings. The van der Waals surface area contributed by atoms with Gasteiger partial charge in [0.1, 0.15) is 17.7 Å². The molecule has 0 saturated carbocycles. The summed E-state index contributed by atoms with van der Waals surface area (Å²) in [4.78, 5) is 4.35. The van der Waals surface area contributed by atoms with E-state index in [0.29, 0.717) is 31.0 Å². The molecular formula is C21H18FN5O3. The summed E-state index contributed by atoms with van der Waals surface area (Å²) in [6.07, 6.45) is -0.145. The second-order valence-electron chi connectivity index (χ2n) is 6.80. The Kier molecular flexibility index (Phi) is 4.72. The number of benzene rings is 2. The smallest absolute Gasteiger partial charge is 0.280 e. The molecule has 0 fully saturated rings. The van der Waals surface area contributed by atoms with E-state index in [0.717, 1.165) is 17.0 Å². The molecule has 0 radical (unpaired) electrons. The first-order valence-electron chi connectivity index (χ1n) is 9.58. The molecule has 0 N–H and O–H groups in total. The first-order chi connectivity index (χ1) is 14.7. The molecule has 1 aliphatic rings. The summed E-state index contributed by atoms with van der Waals surface area (Å²) in [6, 6.07) is 13.8. The third-order valence-electron chi connectivity index (χ3n) is 4.87. The standard InChI is InChI=1S/C21H18FN5O3/c1-2-28-16-8-6-13(7-9-16)18-11-27-17(12-29-18)19(24-26-27)21-23-20(25-30-21)14-4-3-5-15(22)10-14/h3-10,18H,2,11-12H2,1H3/t18-/m0/s1. The number of rotatable bonds is 5. The first kappa shape index (κ1) is 18.4. The van der Waals surface area contributed by atoms with Gasteiger partial charge in [-0.1, -0.05) is 34.6 Å². The zero-order chi connectivity index (χ0) is 20.5. The van der Waals surface area contributed by atoms with Crippen LogP contribution < -0.4 is 4.74 Å². The van der Waals surface area contributed by atoms with Gasteiger partial charge in [-0.2, -0.15) is 4.98 Å². The normalized spacial score (nSPS) is 15.7. The van der Waals surface area contributed by atoms with Crippen molar-refractivity contribution in [3.63, 3.8) is 0 Å². The molecule has 2 aromatic carbocycles. The summed E-state index contributed by atoms with van der Waals surface area (Å²) >= 11 is 0. The van der Waals surface area contributed by atoms with E-state index in [1.165, 1.54) is 12.1 Å². The van der Waals surface area contributed by atoms with E-state index in [2.05, 4.69) is 20.5 Å². The maximum atomic E-state index is 13.5. The molecule has 3 heterocycles. The highest BCUT2D eigenvalue weighted by Gasteiger charge is 2.28. The Morgan fingerprint density at radius 1 is 1.20 bits per heavy atom. The van der Waals surface area contributed by atoms with E-state index in [-0.39, 0.29) is 23.6 Å². The highest BCUT2D eigenvalue weighted by atomic mass is 19.1. The monoisotopic (exact) mass is 407 g/mol. The van der Waals surface area contributed by atoms with E-state index in [1.807, 2.05) is 31.2 Å². The largest absolute Gasteiger partial charge is 0.494 e. The van der Waals surface area contributed by atoms with Gasteiger partial charge in [-0.25, -0.2) is 9.07 Å². The van der Waals surface area contributed by atoms with Crippen LogP contribution in [0.5, 0.6) is 5.75 Å². The van der Waals surface area contributed by atoms with Crippen LogP contribution in [-0.4, -0.2) is 31.7 Å². The van der Waals surface area contributed by atoms with Crippen molar-refractivity contribution in [3.05, 3.63) is 65.6 Å². The van der Waals surface area contributed by atoms with Crippen LogP contribution in [0.3, 0.4) is 0 Å². The lowest BCUT2D eigenvalue weighted by molar-refractivity contribution is -0.00119. The molecule has 0 unspecified atom stereocenters. The van der Waals surface area contributed by atoms with Crippen molar-refractivity contribution in [2.75, 3.05) is 6.61 Å². The maximum absolute atomic E-state index is 13.5. The highest BCUT2D eigenvalue weighted by Crippen LogP contribution is 2.31. The van der Waals surface area contributed by atoms with Crippen LogP contribution in [-0.2, 0) is 17.9 Å². The quantitative estimate of drug-likeness (QED) is 0.497. The Hall–Kier alpha value is -3.59. The topological polar surface area (TPSA) is 88.1 Å². The van der Waals surface area contributed by atoms with Gasteiger partial charge in [0.2, 0.25) is 5.82 Å². The summed E-state index contributed by atoms with van der Waals surface area (Å²) in [7, 11) is 0. The summed E-state index contributed by atoms with van der Waals surface area (Å²) in [5.74, 6) is 0.966. The van der Waals surface area contributed by atoms with Gasteiger partial charge in [0.05, 0.1) is 25.5 Å². The predicted molar refractivity (Wildman–Crippen MR) is 104 cm³/mol. The van der Waals surface area contributed by atoms with Gasteiger partial charge in [-0.3, -0.25) is 0 Å². The number of halogens is 1. The highest BCUT2D eigenvalue weighted by molar-refractivity contribution is 5.58. The maximum Gasteiger partial charge on any atom is 0.280 e.